The number of rotatable bonds is 4. The first-order chi connectivity index (χ1) is 7.70. The third kappa shape index (κ3) is 3.26. The van der Waals surface area contributed by atoms with Crippen molar-refractivity contribution < 1.29 is 9.13 Å². The van der Waals surface area contributed by atoms with Gasteiger partial charge in [0.05, 0.1) is 23.2 Å². The summed E-state index contributed by atoms with van der Waals surface area (Å²) in [6.07, 6.45) is 0. The van der Waals surface area contributed by atoms with E-state index in [0.717, 1.165) is 0 Å². The summed E-state index contributed by atoms with van der Waals surface area (Å²) < 4.78 is 18.9. The minimum absolute atomic E-state index is 0.302. The Hall–Kier alpha value is -0.980. The summed E-state index contributed by atoms with van der Waals surface area (Å²) in [5.74, 6) is 5.21. The van der Waals surface area contributed by atoms with Gasteiger partial charge in [-0.3, -0.25) is 4.99 Å². The lowest BCUT2D eigenvalue weighted by atomic mass is 10.2. The number of nitrogens with two attached hydrogens (primary N) is 1. The van der Waals surface area contributed by atoms with Gasteiger partial charge in [-0.15, -0.1) is 0 Å². The highest BCUT2D eigenvalue weighted by molar-refractivity contribution is 9.10. The van der Waals surface area contributed by atoms with E-state index in [0.29, 0.717) is 29.0 Å². The monoisotopic (exact) mass is 289 g/mol. The normalized spacial score (nSPS) is 11.6. The highest BCUT2D eigenvalue weighted by atomic mass is 79.9. The first-order valence-corrected chi connectivity index (χ1v) is 5.44. The van der Waals surface area contributed by atoms with Gasteiger partial charge in [-0.1, -0.05) is 6.07 Å². The Morgan fingerprint density at radius 1 is 1.62 bits per heavy atom. The second kappa shape index (κ2) is 6.57. The number of nitrogens with zero attached hydrogens (tertiary/aromatic N) is 1. The SMILES string of the molecule is COCCN=C(NN)c1cccc(Br)c1F. The number of halogens is 2. The maximum atomic E-state index is 13.7. The van der Waals surface area contributed by atoms with Gasteiger partial charge in [0.2, 0.25) is 0 Å². The Bertz CT molecular complexity index is 384. The summed E-state index contributed by atoms with van der Waals surface area (Å²) in [7, 11) is 1.57. The van der Waals surface area contributed by atoms with Crippen molar-refractivity contribution in [3.8, 4) is 0 Å². The molecule has 3 N–H and O–H groups in total. The van der Waals surface area contributed by atoms with E-state index in [1.54, 1.807) is 25.3 Å². The van der Waals surface area contributed by atoms with Crippen molar-refractivity contribution in [1.82, 2.24) is 5.43 Å². The number of benzene rings is 1. The molecule has 0 amide bonds. The van der Waals surface area contributed by atoms with Crippen molar-refractivity contribution in [2.75, 3.05) is 20.3 Å². The molecule has 0 heterocycles. The van der Waals surface area contributed by atoms with E-state index in [1.165, 1.54) is 0 Å². The molecule has 0 spiro atoms. The van der Waals surface area contributed by atoms with Crippen LogP contribution in [0.2, 0.25) is 0 Å². The number of methoxy groups -OCH3 is 1. The van der Waals surface area contributed by atoms with Gasteiger partial charge in [0.25, 0.3) is 0 Å². The molecule has 0 radical (unpaired) electrons. The van der Waals surface area contributed by atoms with Gasteiger partial charge in [-0.2, -0.15) is 0 Å². The van der Waals surface area contributed by atoms with E-state index >= 15 is 0 Å². The fourth-order valence-corrected chi connectivity index (χ4v) is 1.51. The van der Waals surface area contributed by atoms with Crippen LogP contribution in [0, 0.1) is 5.82 Å². The van der Waals surface area contributed by atoms with Gasteiger partial charge >= 0.3 is 0 Å². The lowest BCUT2D eigenvalue weighted by molar-refractivity contribution is 0.208. The smallest absolute Gasteiger partial charge is 0.148 e. The lowest BCUT2D eigenvalue weighted by Gasteiger charge is -2.08. The predicted molar refractivity (Wildman–Crippen MR) is 64.7 cm³/mol. The molecule has 0 aliphatic carbocycles. The Kier molecular flexibility index (Phi) is 5.37. The Balaban J connectivity index is 2.95. The van der Waals surface area contributed by atoms with Gasteiger partial charge in [-0.25, -0.2) is 10.2 Å². The van der Waals surface area contributed by atoms with Crippen LogP contribution in [0.3, 0.4) is 0 Å². The zero-order chi connectivity index (χ0) is 12.0. The molecule has 0 fully saturated rings. The largest absolute Gasteiger partial charge is 0.383 e. The molecule has 16 heavy (non-hydrogen) atoms. The van der Waals surface area contributed by atoms with Crippen LogP contribution in [0.4, 0.5) is 4.39 Å². The molecule has 4 nitrogen and oxygen atoms in total. The van der Waals surface area contributed by atoms with Crippen LogP contribution in [0.15, 0.2) is 27.7 Å². The van der Waals surface area contributed by atoms with Crippen molar-refractivity contribution in [3.63, 3.8) is 0 Å². The number of nitrogens with one attached hydrogen (secondary N) is 1. The summed E-state index contributed by atoms with van der Waals surface area (Å²) in [5.41, 5.74) is 2.71. The average Bonchev–Trinajstić information content (AvgIpc) is 2.29. The second-order valence-corrected chi connectivity index (χ2v) is 3.82. The fraction of sp³-hybridized carbons (Fsp3) is 0.300. The van der Waals surface area contributed by atoms with Crippen LogP contribution in [-0.4, -0.2) is 26.1 Å². The van der Waals surface area contributed by atoms with Crippen molar-refractivity contribution in [2.24, 2.45) is 10.8 Å². The number of aliphatic imine (C=N–C) groups is 1. The maximum absolute atomic E-state index is 13.7. The highest BCUT2D eigenvalue weighted by Gasteiger charge is 2.10. The highest BCUT2D eigenvalue weighted by Crippen LogP contribution is 2.18. The van der Waals surface area contributed by atoms with Crippen LogP contribution in [0.25, 0.3) is 0 Å². The number of ether oxygens (including phenoxy) is 1. The Morgan fingerprint density at radius 2 is 2.38 bits per heavy atom. The van der Waals surface area contributed by atoms with E-state index in [1.807, 2.05) is 0 Å². The molecule has 0 unspecified atom stereocenters. The van der Waals surface area contributed by atoms with E-state index in [4.69, 9.17) is 10.6 Å². The number of amidine groups is 1. The molecular weight excluding hydrogens is 277 g/mol. The first kappa shape index (κ1) is 13.1. The van der Waals surface area contributed by atoms with Crippen LogP contribution in [0.1, 0.15) is 5.56 Å². The minimum Gasteiger partial charge on any atom is -0.383 e. The molecular formula is C10H13BrFN3O. The van der Waals surface area contributed by atoms with Gasteiger partial charge in [0.15, 0.2) is 0 Å². The summed E-state index contributed by atoms with van der Waals surface area (Å²) in [6.45, 7) is 0.878. The van der Waals surface area contributed by atoms with Crippen molar-refractivity contribution in [3.05, 3.63) is 34.1 Å². The summed E-state index contributed by atoms with van der Waals surface area (Å²) in [6, 6.07) is 4.93. The molecule has 1 rings (SSSR count). The Labute approximate surface area is 102 Å². The van der Waals surface area contributed by atoms with E-state index < -0.39 is 5.82 Å². The molecule has 1 aromatic carbocycles. The van der Waals surface area contributed by atoms with Gasteiger partial charge in [-0.05, 0) is 28.1 Å². The first-order valence-electron chi connectivity index (χ1n) is 4.65. The molecule has 0 aliphatic rings. The second-order valence-electron chi connectivity index (χ2n) is 2.97. The Morgan fingerprint density at radius 3 is 3.00 bits per heavy atom. The molecule has 0 bridgehead atoms. The van der Waals surface area contributed by atoms with Crippen LogP contribution < -0.4 is 11.3 Å². The molecule has 6 heteroatoms. The summed E-state index contributed by atoms with van der Waals surface area (Å²) in [4.78, 5) is 4.10. The van der Waals surface area contributed by atoms with E-state index in [2.05, 4.69) is 26.3 Å². The van der Waals surface area contributed by atoms with Crippen molar-refractivity contribution >= 4 is 21.8 Å². The third-order valence-corrected chi connectivity index (χ3v) is 2.52. The molecule has 1 aromatic rings. The molecule has 0 saturated heterocycles. The zero-order valence-corrected chi connectivity index (χ0v) is 10.4. The third-order valence-electron chi connectivity index (χ3n) is 1.91. The molecule has 0 aromatic heterocycles. The van der Waals surface area contributed by atoms with Crippen molar-refractivity contribution in [1.29, 1.82) is 0 Å². The minimum atomic E-state index is -0.392. The molecule has 0 atom stereocenters. The van der Waals surface area contributed by atoms with Crippen molar-refractivity contribution in [2.45, 2.75) is 0 Å². The number of hydrogen-bond donors (Lipinski definition) is 2. The van der Waals surface area contributed by atoms with Crippen LogP contribution in [-0.2, 0) is 4.74 Å². The van der Waals surface area contributed by atoms with Crippen LogP contribution in [0.5, 0.6) is 0 Å². The maximum Gasteiger partial charge on any atom is 0.148 e. The number of hydrazine groups is 1. The average molecular weight is 290 g/mol. The van der Waals surface area contributed by atoms with E-state index in [-0.39, 0.29) is 0 Å². The molecule has 88 valence electrons. The lowest BCUT2D eigenvalue weighted by Crippen LogP contribution is -2.32. The summed E-state index contributed by atoms with van der Waals surface area (Å²) >= 11 is 3.10. The van der Waals surface area contributed by atoms with Gasteiger partial charge in [0.1, 0.15) is 11.7 Å². The quantitative estimate of drug-likeness (QED) is 0.290. The predicted octanol–water partition coefficient (Wildman–Crippen LogP) is 1.44. The van der Waals surface area contributed by atoms with Gasteiger partial charge in [0, 0.05) is 7.11 Å². The van der Waals surface area contributed by atoms with Crippen LogP contribution >= 0.6 is 15.9 Å². The molecule has 0 aliphatic heterocycles. The van der Waals surface area contributed by atoms with Gasteiger partial charge < -0.3 is 10.2 Å². The topological polar surface area (TPSA) is 59.6 Å². The zero-order valence-electron chi connectivity index (χ0n) is 8.84. The molecule has 0 saturated carbocycles. The van der Waals surface area contributed by atoms with E-state index in [9.17, 15) is 4.39 Å². The standard InChI is InChI=1S/C10H13BrFN3O/c1-16-6-5-14-10(15-13)7-3-2-4-8(11)9(7)12/h2-4H,5-6,13H2,1H3,(H,14,15). The summed E-state index contributed by atoms with van der Waals surface area (Å²) in [5, 5.41) is 0. The fourth-order valence-electron chi connectivity index (χ4n) is 1.14. The number of hydrogen-bond acceptors (Lipinski definition) is 3.